The Morgan fingerprint density at radius 1 is 1.11 bits per heavy atom. The zero-order valence-electron chi connectivity index (χ0n) is 10.4. The van der Waals surface area contributed by atoms with Crippen molar-refractivity contribution in [2.75, 3.05) is 7.05 Å². The number of aryl methyl sites for hydroxylation is 1. The first-order valence-electron chi connectivity index (χ1n) is 5.80. The highest BCUT2D eigenvalue weighted by Crippen LogP contribution is 2.28. The van der Waals surface area contributed by atoms with Gasteiger partial charge in [-0.25, -0.2) is 0 Å². The molecule has 0 aliphatic heterocycles. The van der Waals surface area contributed by atoms with Gasteiger partial charge in [0.15, 0.2) is 0 Å². The van der Waals surface area contributed by atoms with Crippen molar-refractivity contribution in [3.8, 4) is 0 Å². The number of benzene rings is 2. The summed E-state index contributed by atoms with van der Waals surface area (Å²) in [6.07, 6.45) is 0. The molecule has 2 aromatic carbocycles. The summed E-state index contributed by atoms with van der Waals surface area (Å²) in [6, 6.07) is 15.3. The molecule has 0 spiro atoms. The van der Waals surface area contributed by atoms with Crippen molar-refractivity contribution in [1.29, 1.82) is 0 Å². The third kappa shape index (κ3) is 3.13. The number of rotatable bonds is 3. The molecular weight excluding hydrogens is 401 g/mol. The summed E-state index contributed by atoms with van der Waals surface area (Å²) in [6.45, 7) is 2.11. The van der Waals surface area contributed by atoms with E-state index in [1.807, 2.05) is 7.05 Å². The Bertz CT molecular complexity index is 537. The predicted molar refractivity (Wildman–Crippen MR) is 88.9 cm³/mol. The van der Waals surface area contributed by atoms with Crippen molar-refractivity contribution in [3.63, 3.8) is 0 Å². The normalized spacial score (nSPS) is 12.4. The van der Waals surface area contributed by atoms with Gasteiger partial charge in [-0.3, -0.25) is 0 Å². The third-order valence-corrected chi connectivity index (χ3v) is 4.44. The zero-order chi connectivity index (χ0) is 13.1. The largest absolute Gasteiger partial charge is 0.309 e. The molecule has 2 rings (SSSR count). The maximum atomic E-state index is 3.55. The Labute approximate surface area is 130 Å². The Morgan fingerprint density at radius 3 is 2.39 bits per heavy atom. The highest BCUT2D eigenvalue weighted by molar-refractivity contribution is 14.1. The van der Waals surface area contributed by atoms with Crippen molar-refractivity contribution in [2.45, 2.75) is 13.0 Å². The molecule has 0 radical (unpaired) electrons. The van der Waals surface area contributed by atoms with E-state index in [1.165, 1.54) is 20.3 Å². The summed E-state index contributed by atoms with van der Waals surface area (Å²) in [5.74, 6) is 0. The molecule has 94 valence electrons. The van der Waals surface area contributed by atoms with Gasteiger partial charge in [0.2, 0.25) is 0 Å². The lowest BCUT2D eigenvalue weighted by atomic mass is 9.98. The SMILES string of the molecule is CNC(c1ccc(C)cc1)c1cc(Br)ccc1I. The van der Waals surface area contributed by atoms with Crippen LogP contribution in [0.4, 0.5) is 0 Å². The molecule has 0 saturated heterocycles. The molecule has 0 fully saturated rings. The standard InChI is InChI=1S/C15H15BrIN/c1-10-3-5-11(6-4-10)15(18-2)13-9-12(16)7-8-14(13)17/h3-9,15,18H,1-2H3. The molecular formula is C15H15BrIN. The van der Waals surface area contributed by atoms with Crippen LogP contribution in [0.1, 0.15) is 22.7 Å². The first-order valence-corrected chi connectivity index (χ1v) is 7.68. The molecule has 0 amide bonds. The first-order chi connectivity index (χ1) is 8.61. The van der Waals surface area contributed by atoms with E-state index in [0.717, 1.165) is 4.47 Å². The number of halogens is 2. The molecule has 1 N–H and O–H groups in total. The van der Waals surface area contributed by atoms with Crippen molar-refractivity contribution >= 4 is 38.5 Å². The lowest BCUT2D eigenvalue weighted by Gasteiger charge is -2.19. The van der Waals surface area contributed by atoms with Gasteiger partial charge in [-0.15, -0.1) is 0 Å². The molecule has 0 aliphatic carbocycles. The molecule has 0 aromatic heterocycles. The fourth-order valence-electron chi connectivity index (χ4n) is 2.00. The monoisotopic (exact) mass is 415 g/mol. The fourth-order valence-corrected chi connectivity index (χ4v) is 3.02. The number of nitrogens with one attached hydrogen (secondary N) is 1. The second kappa shape index (κ2) is 6.17. The summed E-state index contributed by atoms with van der Waals surface area (Å²) >= 11 is 5.94. The Hall–Kier alpha value is -0.390. The van der Waals surface area contributed by atoms with Crippen LogP contribution in [0.25, 0.3) is 0 Å². The van der Waals surface area contributed by atoms with Gasteiger partial charge in [0, 0.05) is 8.04 Å². The zero-order valence-corrected chi connectivity index (χ0v) is 14.1. The van der Waals surface area contributed by atoms with E-state index in [9.17, 15) is 0 Å². The van der Waals surface area contributed by atoms with Gasteiger partial charge in [-0.1, -0.05) is 45.8 Å². The average molecular weight is 416 g/mol. The average Bonchev–Trinajstić information content (AvgIpc) is 2.37. The lowest BCUT2D eigenvalue weighted by Crippen LogP contribution is -2.18. The van der Waals surface area contributed by atoms with Crippen LogP contribution in [0.3, 0.4) is 0 Å². The Morgan fingerprint density at radius 2 is 1.78 bits per heavy atom. The molecule has 2 aromatic rings. The van der Waals surface area contributed by atoms with E-state index in [1.54, 1.807) is 0 Å². The second-order valence-electron chi connectivity index (χ2n) is 4.30. The molecule has 1 nitrogen and oxygen atoms in total. The minimum atomic E-state index is 0.231. The van der Waals surface area contributed by atoms with Gasteiger partial charge in [-0.2, -0.15) is 0 Å². The van der Waals surface area contributed by atoms with E-state index in [-0.39, 0.29) is 6.04 Å². The van der Waals surface area contributed by atoms with Crippen molar-refractivity contribution in [3.05, 3.63) is 67.2 Å². The maximum Gasteiger partial charge on any atom is 0.0585 e. The lowest BCUT2D eigenvalue weighted by molar-refractivity contribution is 0.688. The van der Waals surface area contributed by atoms with Gasteiger partial charge in [0.05, 0.1) is 6.04 Å². The third-order valence-electron chi connectivity index (χ3n) is 2.97. The van der Waals surface area contributed by atoms with Crippen LogP contribution in [0, 0.1) is 10.5 Å². The van der Waals surface area contributed by atoms with Gasteiger partial charge in [0.25, 0.3) is 0 Å². The van der Waals surface area contributed by atoms with Crippen LogP contribution in [0.15, 0.2) is 46.9 Å². The maximum absolute atomic E-state index is 3.55. The van der Waals surface area contributed by atoms with Gasteiger partial charge >= 0.3 is 0 Å². The van der Waals surface area contributed by atoms with Crippen LogP contribution < -0.4 is 5.32 Å². The Kier molecular flexibility index (Phi) is 4.81. The molecule has 0 heterocycles. The van der Waals surface area contributed by atoms with E-state index in [2.05, 4.69) is 93.2 Å². The number of hydrogen-bond acceptors (Lipinski definition) is 1. The van der Waals surface area contributed by atoms with E-state index >= 15 is 0 Å². The topological polar surface area (TPSA) is 12.0 Å². The van der Waals surface area contributed by atoms with Crippen LogP contribution >= 0.6 is 38.5 Å². The summed E-state index contributed by atoms with van der Waals surface area (Å²) in [7, 11) is 2.00. The Balaban J connectivity index is 2.44. The highest BCUT2D eigenvalue weighted by Gasteiger charge is 2.14. The molecule has 3 heteroatoms. The first kappa shape index (κ1) is 14.0. The second-order valence-corrected chi connectivity index (χ2v) is 6.38. The molecule has 1 atom stereocenters. The molecule has 18 heavy (non-hydrogen) atoms. The summed E-state index contributed by atoms with van der Waals surface area (Å²) in [4.78, 5) is 0. The summed E-state index contributed by atoms with van der Waals surface area (Å²) in [5, 5.41) is 3.40. The smallest absolute Gasteiger partial charge is 0.0585 e. The van der Waals surface area contributed by atoms with Gasteiger partial charge < -0.3 is 5.32 Å². The molecule has 0 aliphatic rings. The minimum absolute atomic E-state index is 0.231. The molecule has 0 bridgehead atoms. The van der Waals surface area contributed by atoms with Gasteiger partial charge in [-0.05, 0) is 65.9 Å². The van der Waals surface area contributed by atoms with Crippen LogP contribution in [-0.4, -0.2) is 7.05 Å². The summed E-state index contributed by atoms with van der Waals surface area (Å²) < 4.78 is 2.39. The number of hydrogen-bond donors (Lipinski definition) is 1. The van der Waals surface area contributed by atoms with Crippen molar-refractivity contribution < 1.29 is 0 Å². The van der Waals surface area contributed by atoms with Crippen LogP contribution in [0.5, 0.6) is 0 Å². The quantitative estimate of drug-likeness (QED) is 0.718. The van der Waals surface area contributed by atoms with E-state index in [4.69, 9.17) is 0 Å². The predicted octanol–water partition coefficient (Wildman–Crippen LogP) is 4.67. The van der Waals surface area contributed by atoms with E-state index < -0.39 is 0 Å². The minimum Gasteiger partial charge on any atom is -0.309 e. The van der Waals surface area contributed by atoms with E-state index in [0.29, 0.717) is 0 Å². The summed E-state index contributed by atoms with van der Waals surface area (Å²) in [5.41, 5.74) is 3.88. The molecule has 1 unspecified atom stereocenters. The van der Waals surface area contributed by atoms with Crippen molar-refractivity contribution in [2.24, 2.45) is 0 Å². The highest BCUT2D eigenvalue weighted by atomic mass is 127. The molecule has 0 saturated carbocycles. The van der Waals surface area contributed by atoms with Gasteiger partial charge in [0.1, 0.15) is 0 Å². The van der Waals surface area contributed by atoms with Crippen molar-refractivity contribution in [1.82, 2.24) is 5.32 Å². The van der Waals surface area contributed by atoms with Crippen LogP contribution in [0.2, 0.25) is 0 Å². The fraction of sp³-hybridized carbons (Fsp3) is 0.200. The van der Waals surface area contributed by atoms with Crippen LogP contribution in [-0.2, 0) is 0 Å².